The van der Waals surface area contributed by atoms with Crippen molar-refractivity contribution in [2.45, 2.75) is 13.5 Å². The summed E-state index contributed by atoms with van der Waals surface area (Å²) in [6.07, 6.45) is 0. The molecule has 3 rings (SSSR count). The summed E-state index contributed by atoms with van der Waals surface area (Å²) in [4.78, 5) is 18.2. The smallest absolute Gasteiger partial charge is 0.267 e. The van der Waals surface area contributed by atoms with Crippen LogP contribution in [0.25, 0.3) is 10.2 Å². The summed E-state index contributed by atoms with van der Waals surface area (Å²) >= 11 is 1.26. The summed E-state index contributed by atoms with van der Waals surface area (Å²) in [6, 6.07) is 10.6. The Morgan fingerprint density at radius 2 is 2.12 bits per heavy atom. The number of fused-ring (bicyclic) bond motifs is 1. The molecule has 0 fully saturated rings. The second-order valence-electron chi connectivity index (χ2n) is 5.52. The zero-order valence-corrected chi connectivity index (χ0v) is 14.6. The monoisotopic (exact) mass is 352 g/mol. The molecule has 2 heterocycles. The number of anilines is 2. The number of aryl methyl sites for hydroxylation is 1. The SMILES string of the molecule is COCc1cc(C)nc2sc(C(=O)Nc3ccc(C#N)cc3)c(N)c12. The van der Waals surface area contributed by atoms with Crippen LogP contribution in [-0.2, 0) is 11.3 Å². The largest absolute Gasteiger partial charge is 0.397 e. The fourth-order valence-corrected chi connectivity index (χ4v) is 3.67. The van der Waals surface area contributed by atoms with E-state index in [1.807, 2.05) is 19.1 Å². The number of nitrogens with one attached hydrogen (secondary N) is 1. The van der Waals surface area contributed by atoms with Crippen molar-refractivity contribution in [2.24, 2.45) is 0 Å². The third-order valence-electron chi connectivity index (χ3n) is 3.69. The van der Waals surface area contributed by atoms with Crippen LogP contribution in [0.4, 0.5) is 11.4 Å². The van der Waals surface area contributed by atoms with E-state index < -0.39 is 0 Å². The number of nitrogen functional groups attached to an aromatic ring is 1. The molecule has 1 aromatic carbocycles. The lowest BCUT2D eigenvalue weighted by Crippen LogP contribution is -2.12. The highest BCUT2D eigenvalue weighted by atomic mass is 32.1. The standard InChI is InChI=1S/C18H16N4O2S/c1-10-7-12(9-24-2)14-15(20)16(25-18(14)21-10)17(23)22-13-5-3-11(8-19)4-6-13/h3-7H,9,20H2,1-2H3,(H,22,23). The number of nitriles is 1. The fraction of sp³-hybridized carbons (Fsp3) is 0.167. The van der Waals surface area contributed by atoms with E-state index in [0.29, 0.717) is 28.4 Å². The van der Waals surface area contributed by atoms with E-state index in [-0.39, 0.29) is 5.91 Å². The van der Waals surface area contributed by atoms with E-state index in [1.165, 1.54) is 11.3 Å². The number of pyridine rings is 1. The second-order valence-corrected chi connectivity index (χ2v) is 6.52. The Kier molecular flexibility index (Phi) is 4.65. The van der Waals surface area contributed by atoms with Crippen LogP contribution in [0.3, 0.4) is 0 Å². The van der Waals surface area contributed by atoms with Gasteiger partial charge >= 0.3 is 0 Å². The maximum Gasteiger partial charge on any atom is 0.267 e. The molecule has 25 heavy (non-hydrogen) atoms. The number of rotatable bonds is 4. The lowest BCUT2D eigenvalue weighted by atomic mass is 10.1. The molecule has 0 saturated heterocycles. The molecule has 0 radical (unpaired) electrons. The maximum atomic E-state index is 12.6. The zero-order chi connectivity index (χ0) is 18.0. The van der Waals surface area contributed by atoms with Gasteiger partial charge in [-0.15, -0.1) is 11.3 Å². The van der Waals surface area contributed by atoms with Crippen molar-refractivity contribution in [3.05, 3.63) is 52.0 Å². The van der Waals surface area contributed by atoms with Gasteiger partial charge in [-0.3, -0.25) is 4.79 Å². The molecule has 2 aromatic heterocycles. The van der Waals surface area contributed by atoms with Gasteiger partial charge < -0.3 is 15.8 Å². The van der Waals surface area contributed by atoms with E-state index in [1.54, 1.807) is 31.4 Å². The Bertz CT molecular complexity index is 987. The van der Waals surface area contributed by atoms with Crippen molar-refractivity contribution in [3.63, 3.8) is 0 Å². The predicted molar refractivity (Wildman–Crippen MR) is 98.6 cm³/mol. The molecule has 1 amide bonds. The normalized spacial score (nSPS) is 10.6. The molecule has 126 valence electrons. The highest BCUT2D eigenvalue weighted by Gasteiger charge is 2.20. The molecule has 0 saturated carbocycles. The summed E-state index contributed by atoms with van der Waals surface area (Å²) in [5.74, 6) is -0.300. The maximum absolute atomic E-state index is 12.6. The summed E-state index contributed by atoms with van der Waals surface area (Å²) in [5.41, 5.74) is 9.53. The molecule has 0 bridgehead atoms. The van der Waals surface area contributed by atoms with Gasteiger partial charge in [0.2, 0.25) is 0 Å². The number of benzene rings is 1. The molecular formula is C18H16N4O2S. The molecule has 0 aliphatic heterocycles. The first-order chi connectivity index (χ1) is 12.0. The first kappa shape index (κ1) is 16.9. The number of carbonyl (C=O) groups excluding carboxylic acids is 1. The van der Waals surface area contributed by atoms with Crippen LogP contribution in [0.5, 0.6) is 0 Å². The number of methoxy groups -OCH3 is 1. The molecule has 6 nitrogen and oxygen atoms in total. The van der Waals surface area contributed by atoms with Crippen LogP contribution in [0.2, 0.25) is 0 Å². The Hall–Kier alpha value is -2.95. The van der Waals surface area contributed by atoms with Gasteiger partial charge in [-0.05, 0) is 42.8 Å². The van der Waals surface area contributed by atoms with Crippen LogP contribution in [-0.4, -0.2) is 18.0 Å². The fourth-order valence-electron chi connectivity index (χ4n) is 2.59. The number of aromatic nitrogens is 1. The summed E-state index contributed by atoms with van der Waals surface area (Å²) in [6.45, 7) is 2.29. The number of nitrogens with zero attached hydrogens (tertiary/aromatic N) is 2. The number of amides is 1. The number of carbonyl (C=O) groups is 1. The minimum absolute atomic E-state index is 0.300. The quantitative estimate of drug-likeness (QED) is 0.749. The van der Waals surface area contributed by atoms with Gasteiger partial charge in [0.1, 0.15) is 9.71 Å². The van der Waals surface area contributed by atoms with Crippen LogP contribution < -0.4 is 11.1 Å². The number of hydrogen-bond acceptors (Lipinski definition) is 6. The van der Waals surface area contributed by atoms with Gasteiger partial charge in [-0.1, -0.05) is 0 Å². The highest BCUT2D eigenvalue weighted by molar-refractivity contribution is 7.21. The Balaban J connectivity index is 1.97. The molecular weight excluding hydrogens is 336 g/mol. The number of nitrogens with two attached hydrogens (primary N) is 1. The van der Waals surface area contributed by atoms with E-state index in [0.717, 1.165) is 21.5 Å². The van der Waals surface area contributed by atoms with Gasteiger partial charge in [0, 0.05) is 23.9 Å². The molecule has 0 atom stereocenters. The summed E-state index contributed by atoms with van der Waals surface area (Å²) in [7, 11) is 1.61. The first-order valence-corrected chi connectivity index (χ1v) is 8.34. The van der Waals surface area contributed by atoms with Crippen LogP contribution in [0.15, 0.2) is 30.3 Å². The third kappa shape index (κ3) is 3.31. The molecule has 7 heteroatoms. The van der Waals surface area contributed by atoms with Crippen LogP contribution in [0.1, 0.15) is 26.5 Å². The minimum atomic E-state index is -0.300. The summed E-state index contributed by atoms with van der Waals surface area (Å²) < 4.78 is 5.23. The van der Waals surface area contributed by atoms with Gasteiger partial charge in [0.05, 0.1) is 23.9 Å². The van der Waals surface area contributed by atoms with Crippen molar-refractivity contribution in [3.8, 4) is 6.07 Å². The Morgan fingerprint density at radius 3 is 2.76 bits per heavy atom. The minimum Gasteiger partial charge on any atom is -0.397 e. The average Bonchev–Trinajstić information content (AvgIpc) is 2.92. The molecule has 0 unspecified atom stereocenters. The second kappa shape index (κ2) is 6.89. The van der Waals surface area contributed by atoms with E-state index in [2.05, 4.69) is 10.3 Å². The first-order valence-electron chi connectivity index (χ1n) is 7.52. The lowest BCUT2D eigenvalue weighted by Gasteiger charge is -2.06. The van der Waals surface area contributed by atoms with E-state index >= 15 is 0 Å². The zero-order valence-electron chi connectivity index (χ0n) is 13.8. The van der Waals surface area contributed by atoms with Gasteiger partial charge in [-0.25, -0.2) is 4.98 Å². The highest BCUT2D eigenvalue weighted by Crippen LogP contribution is 2.36. The van der Waals surface area contributed by atoms with Gasteiger partial charge in [-0.2, -0.15) is 5.26 Å². The van der Waals surface area contributed by atoms with Crippen molar-refractivity contribution in [1.29, 1.82) is 5.26 Å². The van der Waals surface area contributed by atoms with Gasteiger partial charge in [0.15, 0.2) is 0 Å². The van der Waals surface area contributed by atoms with Crippen molar-refractivity contribution in [2.75, 3.05) is 18.2 Å². The molecule has 3 aromatic rings. The molecule has 0 aliphatic rings. The molecule has 0 aliphatic carbocycles. The molecule has 3 N–H and O–H groups in total. The number of hydrogen-bond donors (Lipinski definition) is 2. The topological polar surface area (TPSA) is 101 Å². The summed E-state index contributed by atoms with van der Waals surface area (Å²) in [5, 5.41) is 12.4. The van der Waals surface area contributed by atoms with Crippen molar-refractivity contribution >= 4 is 38.8 Å². The lowest BCUT2D eigenvalue weighted by molar-refractivity contribution is 0.103. The van der Waals surface area contributed by atoms with Crippen LogP contribution >= 0.6 is 11.3 Å². The number of ether oxygens (including phenoxy) is 1. The number of thiophene rings is 1. The molecule has 0 spiro atoms. The van der Waals surface area contributed by atoms with Crippen molar-refractivity contribution < 1.29 is 9.53 Å². The van der Waals surface area contributed by atoms with Crippen LogP contribution in [0, 0.1) is 18.3 Å². The van der Waals surface area contributed by atoms with Crippen molar-refractivity contribution in [1.82, 2.24) is 4.98 Å². The van der Waals surface area contributed by atoms with Gasteiger partial charge in [0.25, 0.3) is 5.91 Å². The predicted octanol–water partition coefficient (Wildman–Crippen LogP) is 3.46. The Labute approximate surface area is 148 Å². The third-order valence-corrected chi connectivity index (χ3v) is 4.78. The average molecular weight is 352 g/mol. The van der Waals surface area contributed by atoms with E-state index in [4.69, 9.17) is 15.7 Å². The van der Waals surface area contributed by atoms with E-state index in [9.17, 15) is 4.79 Å². The Morgan fingerprint density at radius 1 is 1.40 bits per heavy atom.